The molecule has 0 bridgehead atoms. The minimum atomic E-state index is -0.826. The van der Waals surface area contributed by atoms with E-state index in [9.17, 15) is 5.11 Å². The van der Waals surface area contributed by atoms with E-state index >= 15 is 0 Å². The maximum atomic E-state index is 10.7. The molecule has 1 aliphatic rings. The van der Waals surface area contributed by atoms with Crippen molar-refractivity contribution in [1.82, 2.24) is 0 Å². The predicted molar refractivity (Wildman–Crippen MR) is 109 cm³/mol. The summed E-state index contributed by atoms with van der Waals surface area (Å²) in [4.78, 5) is 4.72. The van der Waals surface area contributed by atoms with Crippen LogP contribution in [0, 0.1) is 0 Å². The Balaban J connectivity index is 0.00000105. The van der Waals surface area contributed by atoms with Crippen LogP contribution in [0.2, 0.25) is 0 Å². The van der Waals surface area contributed by atoms with Crippen LogP contribution in [-0.4, -0.2) is 23.5 Å². The first-order chi connectivity index (χ1) is 12.2. The summed E-state index contributed by atoms with van der Waals surface area (Å²) >= 11 is -0.826. The number of hydrogen-bond acceptors (Lipinski definition) is 3. The summed E-state index contributed by atoms with van der Waals surface area (Å²) in [6.07, 6.45) is 8.11. The van der Waals surface area contributed by atoms with Crippen molar-refractivity contribution in [3.05, 3.63) is 23.3 Å². The van der Waals surface area contributed by atoms with Crippen molar-refractivity contribution < 1.29 is 30.7 Å². The quantitative estimate of drug-likeness (QED) is 0.494. The standard InChI is InChI=1S/C20H31NO2.2ClH.Zr/c1-14(2)23-17-11-15(13-21-16-9-7-6-8-10-16)19(22)18(12-17)20(3,4)5;;;/h11-14,16,22H,6-10H2,1-5H3;2*1H;/q;;;+2/p-2. The molecule has 0 amide bonds. The van der Waals surface area contributed by atoms with E-state index in [4.69, 9.17) is 26.8 Å². The van der Waals surface area contributed by atoms with Crippen LogP contribution in [0.15, 0.2) is 17.1 Å². The zero-order chi connectivity index (χ0) is 19.7. The van der Waals surface area contributed by atoms with Crippen molar-refractivity contribution in [1.29, 1.82) is 0 Å². The topological polar surface area (TPSA) is 41.8 Å². The molecule has 0 atom stereocenters. The molecule has 26 heavy (non-hydrogen) atoms. The molecule has 6 heteroatoms. The van der Waals surface area contributed by atoms with E-state index in [-0.39, 0.29) is 11.5 Å². The van der Waals surface area contributed by atoms with Crippen molar-refractivity contribution in [2.45, 2.75) is 84.3 Å². The van der Waals surface area contributed by atoms with Gasteiger partial charge in [-0.15, -0.1) is 0 Å². The number of aromatic hydroxyl groups is 1. The molecule has 1 aliphatic carbocycles. The zero-order valence-corrected chi connectivity index (χ0v) is 20.5. The van der Waals surface area contributed by atoms with Crippen molar-refractivity contribution in [3.63, 3.8) is 0 Å². The summed E-state index contributed by atoms with van der Waals surface area (Å²) in [5, 5.41) is 10.7. The molecule has 3 nitrogen and oxygen atoms in total. The molecule has 0 spiro atoms. The average molecular weight is 480 g/mol. The van der Waals surface area contributed by atoms with E-state index in [0.29, 0.717) is 11.8 Å². The Morgan fingerprint density at radius 2 is 1.77 bits per heavy atom. The van der Waals surface area contributed by atoms with E-state index in [1.165, 1.54) is 19.3 Å². The Bertz CT molecular complexity index is 580. The van der Waals surface area contributed by atoms with Gasteiger partial charge in [-0.2, -0.15) is 0 Å². The van der Waals surface area contributed by atoms with E-state index in [0.717, 1.165) is 29.7 Å². The van der Waals surface area contributed by atoms with Gasteiger partial charge in [0.1, 0.15) is 11.5 Å². The molecule has 146 valence electrons. The van der Waals surface area contributed by atoms with E-state index in [1.54, 1.807) is 0 Å². The Morgan fingerprint density at radius 3 is 2.27 bits per heavy atom. The molecule has 1 N–H and O–H groups in total. The number of phenolic OH excluding ortho intramolecular Hbond substituents is 1. The van der Waals surface area contributed by atoms with Gasteiger partial charge < -0.3 is 9.84 Å². The summed E-state index contributed by atoms with van der Waals surface area (Å²) in [5.41, 5.74) is 1.52. The summed E-state index contributed by atoms with van der Waals surface area (Å²) in [7, 11) is 9.87. The molecule has 0 aromatic heterocycles. The van der Waals surface area contributed by atoms with Crippen LogP contribution in [-0.2, 0) is 26.3 Å². The molecule has 1 aromatic carbocycles. The average Bonchev–Trinajstić information content (AvgIpc) is 2.55. The van der Waals surface area contributed by atoms with Gasteiger partial charge in [-0.3, -0.25) is 4.99 Å². The molecule has 1 fully saturated rings. The number of phenols is 1. The Kier molecular flexibility index (Phi) is 10.8. The second kappa shape index (κ2) is 11.7. The first kappa shape index (κ1) is 24.0. The van der Waals surface area contributed by atoms with E-state index < -0.39 is 20.8 Å². The number of benzene rings is 1. The number of hydrogen-bond donors (Lipinski definition) is 1. The van der Waals surface area contributed by atoms with E-state index in [2.05, 4.69) is 20.8 Å². The number of rotatable bonds is 4. The number of nitrogens with zero attached hydrogens (tertiary/aromatic N) is 1. The first-order valence-electron chi connectivity index (χ1n) is 9.22. The van der Waals surface area contributed by atoms with E-state index in [1.807, 2.05) is 32.2 Å². The first-order valence-corrected chi connectivity index (χ1v) is 15.6. The number of ether oxygens (including phenoxy) is 1. The number of aliphatic imine (C=N–C) groups is 1. The fraction of sp³-hybridized carbons (Fsp3) is 0.650. The minimum absolute atomic E-state index is 0.107. The molecule has 0 radical (unpaired) electrons. The van der Waals surface area contributed by atoms with Crippen LogP contribution < -0.4 is 4.74 Å². The molecule has 0 unspecified atom stereocenters. The molecule has 0 aliphatic heterocycles. The van der Waals surface area contributed by atoms with Crippen molar-refractivity contribution in [2.75, 3.05) is 0 Å². The van der Waals surface area contributed by atoms with Crippen LogP contribution in [0.1, 0.15) is 77.8 Å². The van der Waals surface area contributed by atoms with Crippen LogP contribution in [0.4, 0.5) is 0 Å². The third kappa shape index (κ3) is 8.32. The monoisotopic (exact) mass is 477 g/mol. The molecular weight excluding hydrogens is 448 g/mol. The fourth-order valence-electron chi connectivity index (χ4n) is 3.06. The molecule has 1 aromatic rings. The molecule has 1 saturated carbocycles. The summed E-state index contributed by atoms with van der Waals surface area (Å²) in [6, 6.07) is 4.25. The second-order valence-corrected chi connectivity index (χ2v) is 11.7. The van der Waals surface area contributed by atoms with Crippen molar-refractivity contribution in [3.8, 4) is 11.5 Å². The van der Waals surface area contributed by atoms with Gasteiger partial charge in [0.15, 0.2) is 0 Å². The fourth-order valence-corrected chi connectivity index (χ4v) is 3.06. The van der Waals surface area contributed by atoms with Crippen LogP contribution >= 0.6 is 17.0 Å². The van der Waals surface area contributed by atoms with Gasteiger partial charge in [-0.1, -0.05) is 40.0 Å². The van der Waals surface area contributed by atoms with Crippen LogP contribution in [0.5, 0.6) is 11.5 Å². The summed E-state index contributed by atoms with van der Waals surface area (Å²) in [6.45, 7) is 10.3. The molecule has 0 heterocycles. The molecular formula is C20H31Cl2NO2Zr. The Morgan fingerprint density at radius 1 is 1.19 bits per heavy atom. The van der Waals surface area contributed by atoms with Gasteiger partial charge in [0.05, 0.1) is 6.10 Å². The van der Waals surface area contributed by atoms with Crippen molar-refractivity contribution >= 4 is 23.2 Å². The number of halogens is 2. The summed E-state index contributed by atoms with van der Waals surface area (Å²) < 4.78 is 5.86. The van der Waals surface area contributed by atoms with Crippen LogP contribution in [0.25, 0.3) is 0 Å². The van der Waals surface area contributed by atoms with Gasteiger partial charge in [-0.05, 0) is 44.2 Å². The molecule has 0 saturated heterocycles. The SMILES string of the molecule is CC(C)Oc1cc(C=NC2CCCCC2)c(O)c(C(C)(C)C)c1.[Cl][Zr][Cl]. The zero-order valence-electron chi connectivity index (χ0n) is 16.5. The van der Waals surface area contributed by atoms with Gasteiger partial charge >= 0.3 is 37.9 Å². The Hall–Kier alpha value is -0.0469. The normalized spacial score (nSPS) is 15.7. The van der Waals surface area contributed by atoms with Crippen molar-refractivity contribution in [2.24, 2.45) is 4.99 Å². The second-order valence-electron chi connectivity index (χ2n) is 7.97. The molecule has 2 rings (SSSR count). The van der Waals surface area contributed by atoms with Gasteiger partial charge in [0.25, 0.3) is 0 Å². The van der Waals surface area contributed by atoms with Crippen LogP contribution in [0.3, 0.4) is 0 Å². The van der Waals surface area contributed by atoms with Gasteiger partial charge in [-0.25, -0.2) is 0 Å². The third-order valence-electron chi connectivity index (χ3n) is 4.29. The predicted octanol–water partition coefficient (Wildman–Crippen LogP) is 6.61. The Labute approximate surface area is 177 Å². The van der Waals surface area contributed by atoms with Gasteiger partial charge in [0, 0.05) is 23.4 Å². The van der Waals surface area contributed by atoms with Gasteiger partial charge in [0.2, 0.25) is 0 Å². The summed E-state index contributed by atoms with van der Waals surface area (Å²) in [5.74, 6) is 1.13. The third-order valence-corrected chi connectivity index (χ3v) is 4.29. The maximum absolute atomic E-state index is 10.7.